The van der Waals surface area contributed by atoms with Gasteiger partial charge in [0.25, 0.3) is 5.91 Å². The Morgan fingerprint density at radius 3 is 2.38 bits per heavy atom. The number of rotatable bonds is 5. The molecule has 2 aromatic heterocycles. The number of nitrogens with one attached hydrogen (secondary N) is 1. The van der Waals surface area contributed by atoms with Crippen LogP contribution < -0.4 is 0 Å². The summed E-state index contributed by atoms with van der Waals surface area (Å²) >= 11 is 6.22. The van der Waals surface area contributed by atoms with Gasteiger partial charge in [-0.1, -0.05) is 35.9 Å². The Morgan fingerprint density at radius 2 is 1.79 bits per heavy atom. The molecule has 10 heteroatoms. The second-order valence-corrected chi connectivity index (χ2v) is 8.33. The molecule has 1 amide bonds. The van der Waals surface area contributed by atoms with Gasteiger partial charge in [0, 0.05) is 36.0 Å². The number of hydrogen-bond acceptors (Lipinski definition) is 3. The van der Waals surface area contributed by atoms with E-state index in [0.29, 0.717) is 23.4 Å². The number of amides is 1. The highest BCUT2D eigenvalue weighted by Crippen LogP contribution is 2.34. The zero-order chi connectivity index (χ0) is 24.6. The molecule has 0 bridgehead atoms. The molecule has 1 N–H and O–H groups in total. The van der Waals surface area contributed by atoms with Crippen LogP contribution in [0, 0.1) is 13.8 Å². The number of aryl methyl sites for hydroxylation is 2. The SMILES string of the molecule is Cc1n[nH]c(C)c1CN(C)C(=O)c1ccc(-c2cc(C(F)(F)F)nn2-c2ccccc2Cl)cc1. The Labute approximate surface area is 199 Å². The number of H-pyrrole nitrogens is 1. The van der Waals surface area contributed by atoms with E-state index in [4.69, 9.17) is 11.6 Å². The molecular weight excluding hydrogens is 467 g/mol. The minimum Gasteiger partial charge on any atom is -0.337 e. The van der Waals surface area contributed by atoms with Gasteiger partial charge in [0.15, 0.2) is 5.69 Å². The van der Waals surface area contributed by atoms with Crippen LogP contribution in [-0.4, -0.2) is 37.8 Å². The molecule has 176 valence electrons. The van der Waals surface area contributed by atoms with E-state index in [1.165, 1.54) is 4.68 Å². The van der Waals surface area contributed by atoms with Gasteiger partial charge in [-0.2, -0.15) is 23.4 Å². The van der Waals surface area contributed by atoms with Gasteiger partial charge < -0.3 is 4.90 Å². The Kier molecular flexibility index (Phi) is 6.22. The zero-order valence-corrected chi connectivity index (χ0v) is 19.4. The quantitative estimate of drug-likeness (QED) is 0.385. The minimum absolute atomic E-state index is 0.206. The lowest BCUT2D eigenvalue weighted by Gasteiger charge is -2.18. The van der Waals surface area contributed by atoms with Crippen LogP contribution in [0.5, 0.6) is 0 Å². The summed E-state index contributed by atoms with van der Waals surface area (Å²) in [4.78, 5) is 14.5. The van der Waals surface area contributed by atoms with Crippen LogP contribution in [0.15, 0.2) is 54.6 Å². The normalized spacial score (nSPS) is 11.6. The number of benzene rings is 2. The van der Waals surface area contributed by atoms with Crippen molar-refractivity contribution in [3.8, 4) is 16.9 Å². The molecule has 0 fully saturated rings. The molecule has 0 aliphatic carbocycles. The van der Waals surface area contributed by atoms with Crippen LogP contribution in [-0.2, 0) is 12.7 Å². The number of carbonyl (C=O) groups excluding carboxylic acids is 1. The lowest BCUT2D eigenvalue weighted by Crippen LogP contribution is -2.26. The predicted octanol–water partition coefficient (Wildman–Crippen LogP) is 5.82. The monoisotopic (exact) mass is 487 g/mol. The van der Waals surface area contributed by atoms with Gasteiger partial charge in [-0.05, 0) is 44.2 Å². The predicted molar refractivity (Wildman–Crippen MR) is 123 cm³/mol. The maximum Gasteiger partial charge on any atom is 0.435 e. The minimum atomic E-state index is -4.62. The summed E-state index contributed by atoms with van der Waals surface area (Å²) in [6, 6.07) is 13.9. The molecule has 0 aliphatic heterocycles. The summed E-state index contributed by atoms with van der Waals surface area (Å²) in [6.07, 6.45) is -4.62. The van der Waals surface area contributed by atoms with Crippen molar-refractivity contribution in [3.63, 3.8) is 0 Å². The highest BCUT2D eigenvalue weighted by molar-refractivity contribution is 6.32. The van der Waals surface area contributed by atoms with E-state index < -0.39 is 11.9 Å². The van der Waals surface area contributed by atoms with Crippen molar-refractivity contribution in [2.75, 3.05) is 7.05 Å². The van der Waals surface area contributed by atoms with Crippen molar-refractivity contribution >= 4 is 17.5 Å². The number of nitrogens with zero attached hydrogens (tertiary/aromatic N) is 4. The van der Waals surface area contributed by atoms with Crippen LogP contribution in [0.25, 0.3) is 16.9 Å². The van der Waals surface area contributed by atoms with Gasteiger partial charge in [-0.3, -0.25) is 9.89 Å². The molecule has 0 saturated heterocycles. The van der Waals surface area contributed by atoms with Gasteiger partial charge in [0.05, 0.1) is 22.1 Å². The summed E-state index contributed by atoms with van der Waals surface area (Å²) in [6.45, 7) is 4.13. The average Bonchev–Trinajstić information content (AvgIpc) is 3.38. The third-order valence-corrected chi connectivity index (χ3v) is 5.85. The van der Waals surface area contributed by atoms with Gasteiger partial charge >= 0.3 is 6.18 Å². The van der Waals surface area contributed by atoms with Gasteiger partial charge in [-0.15, -0.1) is 0 Å². The second-order valence-electron chi connectivity index (χ2n) is 7.93. The van der Waals surface area contributed by atoms with Crippen molar-refractivity contribution < 1.29 is 18.0 Å². The zero-order valence-electron chi connectivity index (χ0n) is 18.6. The van der Waals surface area contributed by atoms with Crippen LogP contribution in [0.1, 0.15) is 33.0 Å². The number of aromatic nitrogens is 4. The molecule has 4 aromatic rings. The fourth-order valence-corrected chi connectivity index (χ4v) is 3.87. The topological polar surface area (TPSA) is 66.8 Å². The molecule has 0 aliphatic rings. The first-order valence-corrected chi connectivity index (χ1v) is 10.7. The van der Waals surface area contributed by atoms with Gasteiger partial charge in [0.2, 0.25) is 0 Å². The molecule has 0 atom stereocenters. The van der Waals surface area contributed by atoms with Crippen LogP contribution in [0.3, 0.4) is 0 Å². The first kappa shape index (κ1) is 23.6. The number of para-hydroxylation sites is 1. The Hall–Kier alpha value is -3.59. The molecule has 0 saturated carbocycles. The van der Waals surface area contributed by atoms with Crippen molar-refractivity contribution in [2.24, 2.45) is 0 Å². The fraction of sp³-hybridized carbons (Fsp3) is 0.208. The molecular formula is C24H21ClF3N5O. The van der Waals surface area contributed by atoms with E-state index >= 15 is 0 Å². The first-order chi connectivity index (χ1) is 16.1. The summed E-state index contributed by atoms with van der Waals surface area (Å²) in [7, 11) is 1.68. The van der Waals surface area contributed by atoms with Crippen LogP contribution in [0.4, 0.5) is 13.2 Å². The number of carbonyl (C=O) groups is 1. The van der Waals surface area contributed by atoms with E-state index in [-0.39, 0.29) is 16.6 Å². The van der Waals surface area contributed by atoms with E-state index in [9.17, 15) is 18.0 Å². The van der Waals surface area contributed by atoms with E-state index in [1.54, 1.807) is 60.5 Å². The summed E-state index contributed by atoms with van der Waals surface area (Å²) in [5.41, 5.74) is 3.01. The van der Waals surface area contributed by atoms with Gasteiger partial charge in [-0.25, -0.2) is 4.68 Å². The van der Waals surface area contributed by atoms with Crippen molar-refractivity contribution in [1.29, 1.82) is 0 Å². The maximum atomic E-state index is 13.4. The molecule has 0 radical (unpaired) electrons. The lowest BCUT2D eigenvalue weighted by atomic mass is 10.1. The highest BCUT2D eigenvalue weighted by Gasteiger charge is 2.35. The van der Waals surface area contributed by atoms with E-state index in [2.05, 4.69) is 15.3 Å². The standard InChI is InChI=1S/C24H21ClF3N5O/c1-14-18(15(2)30-29-14)13-32(3)23(34)17-10-8-16(9-11-17)21-12-22(24(26,27)28)31-33(21)20-7-5-4-6-19(20)25/h4-12H,13H2,1-3H3,(H,29,30). The molecule has 34 heavy (non-hydrogen) atoms. The van der Waals surface area contributed by atoms with Crippen molar-refractivity contribution in [2.45, 2.75) is 26.6 Å². The Balaban J connectivity index is 1.66. The lowest BCUT2D eigenvalue weighted by molar-refractivity contribution is -0.141. The molecule has 2 aromatic carbocycles. The maximum absolute atomic E-state index is 13.4. The van der Waals surface area contributed by atoms with Crippen molar-refractivity contribution in [1.82, 2.24) is 24.9 Å². The molecule has 4 rings (SSSR count). The Morgan fingerprint density at radius 1 is 1.12 bits per heavy atom. The molecule has 2 heterocycles. The second kappa shape index (κ2) is 8.98. The largest absolute Gasteiger partial charge is 0.435 e. The molecule has 6 nitrogen and oxygen atoms in total. The smallest absolute Gasteiger partial charge is 0.337 e. The number of alkyl halides is 3. The van der Waals surface area contributed by atoms with Crippen LogP contribution >= 0.6 is 11.6 Å². The fourth-order valence-electron chi connectivity index (χ4n) is 3.65. The number of hydrogen-bond donors (Lipinski definition) is 1. The number of halogens is 4. The first-order valence-electron chi connectivity index (χ1n) is 10.3. The molecule has 0 spiro atoms. The summed E-state index contributed by atoms with van der Waals surface area (Å²) in [5.74, 6) is -0.220. The third-order valence-electron chi connectivity index (χ3n) is 5.53. The number of aromatic amines is 1. The highest BCUT2D eigenvalue weighted by atomic mass is 35.5. The van der Waals surface area contributed by atoms with Crippen molar-refractivity contribution in [3.05, 3.63) is 87.8 Å². The summed E-state index contributed by atoms with van der Waals surface area (Å²) in [5, 5.41) is 11.1. The Bertz CT molecular complexity index is 1320. The summed E-state index contributed by atoms with van der Waals surface area (Å²) < 4.78 is 41.4. The average molecular weight is 488 g/mol. The third kappa shape index (κ3) is 4.56. The van der Waals surface area contributed by atoms with Gasteiger partial charge in [0.1, 0.15) is 0 Å². The van der Waals surface area contributed by atoms with E-state index in [0.717, 1.165) is 23.0 Å². The van der Waals surface area contributed by atoms with E-state index in [1.807, 2.05) is 13.8 Å². The molecule has 0 unspecified atom stereocenters. The van der Waals surface area contributed by atoms with Crippen LogP contribution in [0.2, 0.25) is 5.02 Å².